The fourth-order valence-corrected chi connectivity index (χ4v) is 3.98. The van der Waals surface area contributed by atoms with E-state index in [1.165, 1.54) is 23.2 Å². The quantitative estimate of drug-likeness (QED) is 0.340. The Hall–Kier alpha value is -2.81. The van der Waals surface area contributed by atoms with Gasteiger partial charge in [0, 0.05) is 13.1 Å². The minimum absolute atomic E-state index is 0.0771. The summed E-state index contributed by atoms with van der Waals surface area (Å²) in [4.78, 5) is 18.3. The topological polar surface area (TPSA) is 38.1 Å². The summed E-state index contributed by atoms with van der Waals surface area (Å²) in [6.45, 7) is 1.20. The van der Waals surface area contributed by atoms with Crippen LogP contribution in [0.3, 0.4) is 0 Å². The summed E-state index contributed by atoms with van der Waals surface area (Å²) in [5, 5.41) is 0.117. The molecule has 4 nitrogen and oxygen atoms in total. The van der Waals surface area contributed by atoms with E-state index in [1.54, 1.807) is 49.4 Å². The zero-order valence-electron chi connectivity index (χ0n) is 16.8. The van der Waals surface area contributed by atoms with E-state index in [9.17, 15) is 22.4 Å². The SMILES string of the molecule is CCN(Cc1cccc(F)c1)C(=O)CSc1ncc(-c2ccccc2)n1CC(F)(F)F. The third kappa shape index (κ3) is 6.33. The molecule has 0 unspecified atom stereocenters. The van der Waals surface area contributed by atoms with Crippen molar-refractivity contribution < 1.29 is 22.4 Å². The summed E-state index contributed by atoms with van der Waals surface area (Å²) in [6, 6.07) is 14.6. The number of imidazole rings is 1. The second kappa shape index (κ2) is 10.00. The number of benzene rings is 2. The van der Waals surface area contributed by atoms with Crippen molar-refractivity contribution in [1.29, 1.82) is 0 Å². The molecule has 1 aromatic heterocycles. The number of amides is 1. The van der Waals surface area contributed by atoms with Gasteiger partial charge in [0.05, 0.1) is 17.6 Å². The molecule has 1 amide bonds. The minimum Gasteiger partial charge on any atom is -0.338 e. The molecule has 0 fully saturated rings. The molecule has 0 spiro atoms. The van der Waals surface area contributed by atoms with Crippen LogP contribution in [0.5, 0.6) is 0 Å². The second-order valence-electron chi connectivity index (χ2n) is 6.82. The summed E-state index contributed by atoms with van der Waals surface area (Å²) in [5.41, 5.74) is 1.59. The van der Waals surface area contributed by atoms with Gasteiger partial charge in [-0.05, 0) is 30.2 Å². The highest BCUT2D eigenvalue weighted by molar-refractivity contribution is 7.99. The first kappa shape index (κ1) is 22.9. The zero-order valence-corrected chi connectivity index (χ0v) is 17.6. The first-order valence-electron chi connectivity index (χ1n) is 9.59. The maximum absolute atomic E-state index is 13.4. The van der Waals surface area contributed by atoms with Crippen molar-refractivity contribution in [2.24, 2.45) is 0 Å². The number of rotatable bonds is 8. The van der Waals surface area contributed by atoms with Crippen LogP contribution in [0.4, 0.5) is 17.6 Å². The Morgan fingerprint density at radius 2 is 1.87 bits per heavy atom. The van der Waals surface area contributed by atoms with Crippen LogP contribution in [0.1, 0.15) is 12.5 Å². The van der Waals surface area contributed by atoms with Gasteiger partial charge < -0.3 is 9.47 Å². The average molecular weight is 451 g/mol. The Morgan fingerprint density at radius 3 is 2.52 bits per heavy atom. The molecular formula is C22H21F4N3OS. The van der Waals surface area contributed by atoms with Crippen molar-refractivity contribution in [1.82, 2.24) is 14.5 Å². The third-order valence-corrected chi connectivity index (χ3v) is 5.52. The molecule has 2 aromatic carbocycles. The molecule has 3 aromatic rings. The molecule has 0 N–H and O–H groups in total. The molecule has 0 atom stereocenters. The molecule has 0 aliphatic heterocycles. The van der Waals surface area contributed by atoms with Crippen molar-refractivity contribution in [2.45, 2.75) is 31.3 Å². The lowest BCUT2D eigenvalue weighted by molar-refractivity contribution is -0.141. The van der Waals surface area contributed by atoms with E-state index in [-0.39, 0.29) is 23.4 Å². The van der Waals surface area contributed by atoms with Crippen LogP contribution in [0.25, 0.3) is 11.3 Å². The number of carbonyl (C=O) groups is 1. The molecule has 0 aliphatic carbocycles. The Morgan fingerprint density at radius 1 is 1.13 bits per heavy atom. The Labute approximate surface area is 181 Å². The number of halogens is 4. The van der Waals surface area contributed by atoms with Crippen LogP contribution < -0.4 is 0 Å². The van der Waals surface area contributed by atoms with Gasteiger partial charge in [-0.25, -0.2) is 9.37 Å². The highest BCUT2D eigenvalue weighted by atomic mass is 32.2. The molecule has 0 radical (unpaired) electrons. The maximum atomic E-state index is 13.4. The minimum atomic E-state index is -4.43. The molecule has 1 heterocycles. The number of hydrogen-bond acceptors (Lipinski definition) is 3. The maximum Gasteiger partial charge on any atom is 0.406 e. The van der Waals surface area contributed by atoms with Gasteiger partial charge in [-0.15, -0.1) is 0 Å². The van der Waals surface area contributed by atoms with E-state index in [0.717, 1.165) is 16.3 Å². The van der Waals surface area contributed by atoms with Gasteiger partial charge in [0.15, 0.2) is 5.16 Å². The van der Waals surface area contributed by atoms with E-state index in [1.807, 2.05) is 0 Å². The van der Waals surface area contributed by atoms with Crippen molar-refractivity contribution in [3.63, 3.8) is 0 Å². The lowest BCUT2D eigenvalue weighted by atomic mass is 10.2. The summed E-state index contributed by atoms with van der Waals surface area (Å²) >= 11 is 0.955. The van der Waals surface area contributed by atoms with Crippen molar-refractivity contribution in [2.75, 3.05) is 12.3 Å². The van der Waals surface area contributed by atoms with Crippen LogP contribution >= 0.6 is 11.8 Å². The zero-order chi connectivity index (χ0) is 22.4. The van der Waals surface area contributed by atoms with Gasteiger partial charge in [-0.2, -0.15) is 13.2 Å². The highest BCUT2D eigenvalue weighted by Crippen LogP contribution is 2.30. The van der Waals surface area contributed by atoms with Crippen LogP contribution in [-0.2, 0) is 17.9 Å². The molecule has 0 saturated heterocycles. The molecule has 0 saturated carbocycles. The van der Waals surface area contributed by atoms with Crippen LogP contribution in [0.15, 0.2) is 66.0 Å². The summed E-state index contributed by atoms with van der Waals surface area (Å²) in [7, 11) is 0. The van der Waals surface area contributed by atoms with Crippen LogP contribution in [-0.4, -0.2) is 38.8 Å². The summed E-state index contributed by atoms with van der Waals surface area (Å²) < 4.78 is 54.0. The predicted molar refractivity (Wildman–Crippen MR) is 112 cm³/mol. The van der Waals surface area contributed by atoms with Gasteiger partial charge >= 0.3 is 6.18 Å². The van der Waals surface area contributed by atoms with Crippen molar-refractivity contribution in [3.8, 4) is 11.3 Å². The van der Waals surface area contributed by atoms with Gasteiger partial charge in [0.2, 0.25) is 5.91 Å². The first-order chi connectivity index (χ1) is 14.8. The predicted octanol–water partition coefficient (Wildman–Crippen LogP) is 5.39. The lowest BCUT2D eigenvalue weighted by Gasteiger charge is -2.21. The molecule has 0 bridgehead atoms. The molecule has 3 rings (SSSR count). The highest BCUT2D eigenvalue weighted by Gasteiger charge is 2.31. The molecule has 9 heteroatoms. The number of aromatic nitrogens is 2. The third-order valence-electron chi connectivity index (χ3n) is 4.55. The van der Waals surface area contributed by atoms with E-state index in [2.05, 4.69) is 4.98 Å². The van der Waals surface area contributed by atoms with E-state index >= 15 is 0 Å². The molecule has 164 valence electrons. The van der Waals surface area contributed by atoms with Crippen molar-refractivity contribution >= 4 is 17.7 Å². The fourth-order valence-electron chi connectivity index (χ4n) is 3.09. The van der Waals surface area contributed by atoms with E-state index in [4.69, 9.17) is 0 Å². The number of alkyl halides is 3. The number of carbonyl (C=O) groups excluding carboxylic acids is 1. The van der Waals surface area contributed by atoms with Crippen molar-refractivity contribution in [3.05, 3.63) is 72.2 Å². The lowest BCUT2D eigenvalue weighted by Crippen LogP contribution is -2.32. The average Bonchev–Trinajstić information content (AvgIpc) is 3.11. The number of hydrogen-bond donors (Lipinski definition) is 0. The second-order valence-corrected chi connectivity index (χ2v) is 7.76. The molecular weight excluding hydrogens is 430 g/mol. The summed E-state index contributed by atoms with van der Waals surface area (Å²) in [6.07, 6.45) is -3.05. The first-order valence-corrected chi connectivity index (χ1v) is 10.6. The Balaban J connectivity index is 1.75. The standard InChI is InChI=1S/C22H21F4N3OS/c1-2-28(13-16-7-6-10-18(23)11-16)20(30)14-31-21-27-12-19(17-8-4-3-5-9-17)29(21)15-22(24,25)26/h3-12H,2,13-15H2,1H3. The normalized spacial score (nSPS) is 11.5. The van der Waals surface area contributed by atoms with E-state index in [0.29, 0.717) is 23.4 Å². The van der Waals surface area contributed by atoms with Gasteiger partial charge in [-0.3, -0.25) is 4.79 Å². The molecule has 0 aliphatic rings. The molecule has 31 heavy (non-hydrogen) atoms. The monoisotopic (exact) mass is 451 g/mol. The largest absolute Gasteiger partial charge is 0.406 e. The fraction of sp³-hybridized carbons (Fsp3) is 0.273. The van der Waals surface area contributed by atoms with Gasteiger partial charge in [0.1, 0.15) is 12.4 Å². The Kier molecular flexibility index (Phi) is 7.37. The van der Waals surface area contributed by atoms with Gasteiger partial charge in [0.25, 0.3) is 0 Å². The Bertz CT molecular complexity index is 1020. The number of nitrogens with zero attached hydrogens (tertiary/aromatic N) is 3. The van der Waals surface area contributed by atoms with Crippen LogP contribution in [0.2, 0.25) is 0 Å². The smallest absolute Gasteiger partial charge is 0.338 e. The van der Waals surface area contributed by atoms with Crippen LogP contribution in [0, 0.1) is 5.82 Å². The van der Waals surface area contributed by atoms with E-state index < -0.39 is 18.5 Å². The number of thioether (sulfide) groups is 1. The van der Waals surface area contributed by atoms with Gasteiger partial charge in [-0.1, -0.05) is 54.2 Å². The summed E-state index contributed by atoms with van der Waals surface area (Å²) in [5.74, 6) is -0.732.